The van der Waals surface area contributed by atoms with Crippen LogP contribution in [0.4, 0.5) is 4.39 Å². The number of rotatable bonds is 7. The van der Waals surface area contributed by atoms with Crippen LogP contribution in [0.5, 0.6) is 5.75 Å². The van der Waals surface area contributed by atoms with E-state index in [-0.39, 0.29) is 12.5 Å². The van der Waals surface area contributed by atoms with Gasteiger partial charge in [-0.1, -0.05) is 12.1 Å². The van der Waals surface area contributed by atoms with Gasteiger partial charge in [-0.2, -0.15) is 0 Å². The first-order valence-electron chi connectivity index (χ1n) is 9.58. The van der Waals surface area contributed by atoms with Crippen LogP contribution >= 0.6 is 0 Å². The number of aliphatic hydroxyl groups excluding tert-OH is 1. The Balaban J connectivity index is 1.66. The molecule has 1 fully saturated rings. The van der Waals surface area contributed by atoms with E-state index >= 15 is 0 Å². The van der Waals surface area contributed by atoms with Crippen LogP contribution in [0.1, 0.15) is 23.2 Å². The number of amides is 1. The van der Waals surface area contributed by atoms with Gasteiger partial charge in [0.05, 0.1) is 0 Å². The second-order valence-corrected chi connectivity index (χ2v) is 7.43. The molecule has 1 amide bonds. The second-order valence-electron chi connectivity index (χ2n) is 7.43. The molecule has 0 saturated carbocycles. The third-order valence-electron chi connectivity index (χ3n) is 4.85. The molecule has 0 radical (unpaired) electrons. The zero-order chi connectivity index (χ0) is 20.1. The van der Waals surface area contributed by atoms with Gasteiger partial charge in [0, 0.05) is 32.3 Å². The van der Waals surface area contributed by atoms with Crippen molar-refractivity contribution in [2.45, 2.75) is 18.9 Å². The fourth-order valence-electron chi connectivity index (χ4n) is 3.38. The Hall–Kier alpha value is -2.44. The summed E-state index contributed by atoms with van der Waals surface area (Å²) in [6.07, 6.45) is 1.72. The van der Waals surface area contributed by atoms with Gasteiger partial charge in [0.25, 0.3) is 5.91 Å². The Labute approximate surface area is 165 Å². The van der Waals surface area contributed by atoms with Crippen molar-refractivity contribution < 1.29 is 19.0 Å². The van der Waals surface area contributed by atoms with E-state index in [9.17, 15) is 14.3 Å². The molecule has 0 spiro atoms. The summed E-state index contributed by atoms with van der Waals surface area (Å²) in [6, 6.07) is 11.5. The average Bonchev–Trinajstić information content (AvgIpc) is 3.18. The van der Waals surface area contributed by atoms with Crippen LogP contribution in [0.3, 0.4) is 0 Å². The molecule has 1 N–H and O–H groups in total. The van der Waals surface area contributed by atoms with Crippen molar-refractivity contribution in [1.29, 1.82) is 0 Å². The summed E-state index contributed by atoms with van der Waals surface area (Å²) in [6.45, 7) is 2.71. The highest BCUT2D eigenvalue weighted by molar-refractivity contribution is 5.94. The first-order valence-corrected chi connectivity index (χ1v) is 9.58. The summed E-state index contributed by atoms with van der Waals surface area (Å²) >= 11 is 0. The molecule has 1 saturated heterocycles. The molecule has 1 aliphatic rings. The van der Waals surface area contributed by atoms with E-state index in [0.29, 0.717) is 23.4 Å². The molecule has 2 aromatic carbocycles. The van der Waals surface area contributed by atoms with Crippen LogP contribution in [0, 0.1) is 5.82 Å². The monoisotopic (exact) mass is 386 g/mol. The lowest BCUT2D eigenvalue weighted by Gasteiger charge is -2.19. The maximum atomic E-state index is 14.1. The maximum Gasteiger partial charge on any atom is 0.253 e. The van der Waals surface area contributed by atoms with Crippen LogP contribution in [0.2, 0.25) is 0 Å². The quantitative estimate of drug-likeness (QED) is 0.795. The number of hydrogen-bond donors (Lipinski definition) is 1. The summed E-state index contributed by atoms with van der Waals surface area (Å²) in [5.74, 6) is -0.110. The Morgan fingerprint density at radius 1 is 1.14 bits per heavy atom. The van der Waals surface area contributed by atoms with E-state index in [2.05, 4.69) is 4.90 Å². The van der Waals surface area contributed by atoms with Gasteiger partial charge in [-0.25, -0.2) is 4.39 Å². The summed E-state index contributed by atoms with van der Waals surface area (Å²) in [7, 11) is 3.40. The van der Waals surface area contributed by atoms with Crippen LogP contribution in [0.25, 0.3) is 11.1 Å². The largest absolute Gasteiger partial charge is 0.491 e. The van der Waals surface area contributed by atoms with Crippen molar-refractivity contribution in [2.24, 2.45) is 0 Å². The number of likely N-dealkylation sites (tertiary alicyclic amines) is 1. The Bertz CT molecular complexity index is 802. The van der Waals surface area contributed by atoms with Crippen molar-refractivity contribution in [3.05, 3.63) is 53.8 Å². The third kappa shape index (κ3) is 5.30. The average molecular weight is 386 g/mol. The van der Waals surface area contributed by atoms with Gasteiger partial charge < -0.3 is 19.6 Å². The predicted octanol–water partition coefficient (Wildman–Crippen LogP) is 3.03. The minimum absolute atomic E-state index is 0.0817. The van der Waals surface area contributed by atoms with E-state index in [4.69, 9.17) is 4.74 Å². The zero-order valence-electron chi connectivity index (χ0n) is 16.4. The fourth-order valence-corrected chi connectivity index (χ4v) is 3.38. The molecule has 3 rings (SSSR count). The smallest absolute Gasteiger partial charge is 0.253 e. The Kier molecular flexibility index (Phi) is 6.65. The Morgan fingerprint density at radius 3 is 2.46 bits per heavy atom. The van der Waals surface area contributed by atoms with E-state index in [0.717, 1.165) is 18.7 Å². The number of β-amino-alcohol motifs (C(OH)–C–C–N with tert-alkyl or cyclic N) is 1. The predicted molar refractivity (Wildman–Crippen MR) is 107 cm³/mol. The summed E-state index contributed by atoms with van der Waals surface area (Å²) in [5, 5.41) is 10.2. The highest BCUT2D eigenvalue weighted by atomic mass is 19.1. The molecule has 0 bridgehead atoms. The molecular weight excluding hydrogens is 359 g/mol. The summed E-state index contributed by atoms with van der Waals surface area (Å²) < 4.78 is 19.7. The number of halogens is 1. The highest BCUT2D eigenvalue weighted by Gasteiger charge is 2.16. The number of hydrogen-bond acceptors (Lipinski definition) is 4. The minimum atomic E-state index is -0.610. The van der Waals surface area contributed by atoms with Crippen molar-refractivity contribution in [3.63, 3.8) is 0 Å². The van der Waals surface area contributed by atoms with E-state index in [1.165, 1.54) is 29.9 Å². The number of benzene rings is 2. The van der Waals surface area contributed by atoms with Gasteiger partial charge in [-0.15, -0.1) is 0 Å². The molecule has 28 heavy (non-hydrogen) atoms. The number of carbonyl (C=O) groups is 1. The van der Waals surface area contributed by atoms with E-state index in [1.54, 1.807) is 44.4 Å². The van der Waals surface area contributed by atoms with Crippen molar-refractivity contribution in [1.82, 2.24) is 9.80 Å². The molecule has 2 aromatic rings. The van der Waals surface area contributed by atoms with Crippen molar-refractivity contribution in [2.75, 3.05) is 40.3 Å². The lowest BCUT2D eigenvalue weighted by atomic mass is 10.0. The van der Waals surface area contributed by atoms with Gasteiger partial charge in [0.2, 0.25) is 0 Å². The van der Waals surface area contributed by atoms with Crippen LogP contribution in [-0.4, -0.2) is 67.3 Å². The normalized spacial score (nSPS) is 15.4. The first kappa shape index (κ1) is 20.3. The van der Waals surface area contributed by atoms with Crippen molar-refractivity contribution >= 4 is 5.91 Å². The molecule has 0 aromatic heterocycles. The SMILES string of the molecule is CN(C)C(=O)c1ccc(-c2cc(F)cc(OCC(O)CN3CCCC3)c2)cc1. The molecule has 1 unspecified atom stereocenters. The van der Waals surface area contributed by atoms with Crippen LogP contribution < -0.4 is 4.74 Å². The topological polar surface area (TPSA) is 53.0 Å². The maximum absolute atomic E-state index is 14.1. The van der Waals surface area contributed by atoms with Gasteiger partial charge in [0.15, 0.2) is 0 Å². The molecule has 1 aliphatic heterocycles. The molecule has 1 heterocycles. The lowest BCUT2D eigenvalue weighted by molar-refractivity contribution is 0.0757. The molecule has 150 valence electrons. The third-order valence-corrected chi connectivity index (χ3v) is 4.85. The molecule has 0 aliphatic carbocycles. The van der Waals surface area contributed by atoms with Gasteiger partial charge in [-0.3, -0.25) is 4.79 Å². The van der Waals surface area contributed by atoms with Crippen LogP contribution in [0.15, 0.2) is 42.5 Å². The molecular formula is C22H27FN2O3. The number of nitrogens with zero attached hydrogens (tertiary/aromatic N) is 2. The zero-order valence-corrected chi connectivity index (χ0v) is 16.4. The minimum Gasteiger partial charge on any atom is -0.491 e. The fraction of sp³-hybridized carbons (Fsp3) is 0.409. The summed E-state index contributed by atoms with van der Waals surface area (Å²) in [5.41, 5.74) is 2.02. The molecule has 1 atom stereocenters. The standard InChI is InChI=1S/C22H27FN2O3/c1-24(2)22(27)17-7-5-16(6-8-17)18-11-19(23)13-21(12-18)28-15-20(26)14-25-9-3-4-10-25/h5-8,11-13,20,26H,3-4,9-10,14-15H2,1-2H3. The van der Waals surface area contributed by atoms with Crippen molar-refractivity contribution in [3.8, 4) is 16.9 Å². The van der Waals surface area contributed by atoms with E-state index in [1.807, 2.05) is 0 Å². The summed E-state index contributed by atoms with van der Waals surface area (Å²) in [4.78, 5) is 15.7. The van der Waals surface area contributed by atoms with Gasteiger partial charge >= 0.3 is 0 Å². The van der Waals surface area contributed by atoms with Gasteiger partial charge in [-0.05, 0) is 61.3 Å². The number of carbonyl (C=O) groups excluding carboxylic acids is 1. The van der Waals surface area contributed by atoms with Gasteiger partial charge in [0.1, 0.15) is 24.3 Å². The lowest BCUT2D eigenvalue weighted by Crippen LogP contribution is -2.33. The first-order chi connectivity index (χ1) is 13.4. The van der Waals surface area contributed by atoms with Crippen LogP contribution in [-0.2, 0) is 0 Å². The Morgan fingerprint density at radius 2 is 1.82 bits per heavy atom. The van der Waals surface area contributed by atoms with E-state index < -0.39 is 11.9 Å². The second kappa shape index (κ2) is 9.17. The highest BCUT2D eigenvalue weighted by Crippen LogP contribution is 2.26. The number of ether oxygens (including phenoxy) is 1. The molecule has 5 nitrogen and oxygen atoms in total. The number of aliphatic hydroxyl groups is 1. The molecule has 6 heteroatoms.